The zero-order valence-electron chi connectivity index (χ0n) is 11.3. The van der Waals surface area contributed by atoms with Gasteiger partial charge >= 0.3 is 6.18 Å². The van der Waals surface area contributed by atoms with Gasteiger partial charge in [0.25, 0.3) is 5.91 Å². The van der Waals surface area contributed by atoms with Gasteiger partial charge in [0.1, 0.15) is 5.69 Å². The van der Waals surface area contributed by atoms with E-state index in [1.165, 1.54) is 35.1 Å². The van der Waals surface area contributed by atoms with Crippen LogP contribution in [0.15, 0.2) is 36.5 Å². The van der Waals surface area contributed by atoms with E-state index in [2.05, 4.69) is 10.4 Å². The van der Waals surface area contributed by atoms with Crippen LogP contribution in [-0.4, -0.2) is 15.7 Å². The van der Waals surface area contributed by atoms with E-state index in [1.807, 2.05) is 6.92 Å². The van der Waals surface area contributed by atoms with E-state index < -0.39 is 17.6 Å². The van der Waals surface area contributed by atoms with Gasteiger partial charge < -0.3 is 5.32 Å². The van der Waals surface area contributed by atoms with Gasteiger partial charge in [0.05, 0.1) is 5.56 Å². The van der Waals surface area contributed by atoms with Crippen LogP contribution >= 0.6 is 0 Å². The average Bonchev–Trinajstić information content (AvgIpc) is 2.92. The molecule has 1 amide bonds. The summed E-state index contributed by atoms with van der Waals surface area (Å²) in [6.45, 7) is 2.14. The molecule has 1 aromatic carbocycles. The Bertz CT molecular complexity index is 634. The van der Waals surface area contributed by atoms with Crippen molar-refractivity contribution in [3.8, 4) is 0 Å². The summed E-state index contributed by atoms with van der Waals surface area (Å²) in [7, 11) is 0. The summed E-state index contributed by atoms with van der Waals surface area (Å²) < 4.78 is 40.0. The van der Waals surface area contributed by atoms with Crippen LogP contribution in [-0.2, 0) is 19.3 Å². The van der Waals surface area contributed by atoms with Gasteiger partial charge in [-0.05, 0) is 24.6 Å². The smallest absolute Gasteiger partial charge is 0.347 e. The fraction of sp³-hybridized carbons (Fsp3) is 0.286. The van der Waals surface area contributed by atoms with Crippen molar-refractivity contribution in [1.82, 2.24) is 15.1 Å². The molecule has 1 N–H and O–H groups in total. The molecule has 1 heterocycles. The monoisotopic (exact) mass is 297 g/mol. The van der Waals surface area contributed by atoms with Crippen LogP contribution in [0.3, 0.4) is 0 Å². The highest BCUT2D eigenvalue weighted by molar-refractivity contribution is 5.92. The van der Waals surface area contributed by atoms with E-state index in [9.17, 15) is 18.0 Å². The van der Waals surface area contributed by atoms with Gasteiger partial charge in [-0.25, -0.2) is 0 Å². The third-order valence-electron chi connectivity index (χ3n) is 3.01. The van der Waals surface area contributed by atoms with Crippen molar-refractivity contribution in [2.24, 2.45) is 0 Å². The zero-order chi connectivity index (χ0) is 15.5. The van der Waals surface area contributed by atoms with Crippen LogP contribution in [0.25, 0.3) is 0 Å². The quantitative estimate of drug-likeness (QED) is 0.943. The summed E-state index contributed by atoms with van der Waals surface area (Å²) in [6, 6.07) is 6.69. The highest BCUT2D eigenvalue weighted by Crippen LogP contribution is 2.31. The number of alkyl halides is 3. The maximum Gasteiger partial charge on any atom is 0.416 e. The highest BCUT2D eigenvalue weighted by Gasteiger charge is 2.32. The van der Waals surface area contributed by atoms with Gasteiger partial charge in [-0.2, -0.15) is 18.3 Å². The van der Waals surface area contributed by atoms with Crippen LogP contribution in [0.2, 0.25) is 0 Å². The lowest BCUT2D eigenvalue weighted by atomic mass is 10.1. The number of carbonyl (C=O) groups excluding carboxylic acids is 1. The van der Waals surface area contributed by atoms with Crippen molar-refractivity contribution in [3.05, 3.63) is 53.3 Å². The van der Waals surface area contributed by atoms with Crippen molar-refractivity contribution in [2.75, 3.05) is 0 Å². The number of nitrogens with zero attached hydrogens (tertiary/aromatic N) is 2. The third kappa shape index (κ3) is 3.42. The molecule has 4 nitrogen and oxygen atoms in total. The maximum absolute atomic E-state index is 12.8. The first-order valence-corrected chi connectivity index (χ1v) is 6.38. The van der Waals surface area contributed by atoms with Crippen LogP contribution < -0.4 is 5.32 Å². The molecule has 0 radical (unpaired) electrons. The second-order valence-corrected chi connectivity index (χ2v) is 4.37. The highest BCUT2D eigenvalue weighted by atomic mass is 19.4. The van der Waals surface area contributed by atoms with Crippen molar-refractivity contribution in [3.63, 3.8) is 0 Å². The average molecular weight is 297 g/mol. The van der Waals surface area contributed by atoms with Crippen molar-refractivity contribution >= 4 is 5.91 Å². The number of carbonyl (C=O) groups is 1. The van der Waals surface area contributed by atoms with Crippen LogP contribution in [0.4, 0.5) is 13.2 Å². The molecule has 0 atom stereocenters. The third-order valence-corrected chi connectivity index (χ3v) is 3.01. The topological polar surface area (TPSA) is 46.9 Å². The van der Waals surface area contributed by atoms with Crippen molar-refractivity contribution < 1.29 is 18.0 Å². The van der Waals surface area contributed by atoms with Gasteiger partial charge in [0, 0.05) is 19.3 Å². The number of benzene rings is 1. The number of rotatable bonds is 4. The molecule has 0 saturated heterocycles. The molecule has 0 aliphatic heterocycles. The molecule has 0 spiro atoms. The summed E-state index contributed by atoms with van der Waals surface area (Å²) in [5.74, 6) is -0.452. The molecule has 7 heteroatoms. The molecule has 112 valence electrons. The second kappa shape index (κ2) is 5.99. The molecular weight excluding hydrogens is 283 g/mol. The van der Waals surface area contributed by atoms with E-state index >= 15 is 0 Å². The fourth-order valence-electron chi connectivity index (χ4n) is 1.99. The Morgan fingerprint density at radius 1 is 1.29 bits per heavy atom. The predicted molar refractivity (Wildman–Crippen MR) is 70.5 cm³/mol. The minimum absolute atomic E-state index is 0.0286. The minimum atomic E-state index is -4.44. The lowest BCUT2D eigenvalue weighted by Crippen LogP contribution is -2.26. The number of aromatic nitrogens is 2. The number of nitrogens with one attached hydrogen (secondary N) is 1. The van der Waals surface area contributed by atoms with Gasteiger partial charge in [-0.15, -0.1) is 0 Å². The van der Waals surface area contributed by atoms with Gasteiger partial charge in [0.15, 0.2) is 0 Å². The molecular formula is C14H14F3N3O. The summed E-state index contributed by atoms with van der Waals surface area (Å²) in [5, 5.41) is 6.43. The number of hydrogen-bond acceptors (Lipinski definition) is 2. The SMILES string of the molecule is CCn1nccc1C(=O)NCc1ccccc1C(F)(F)F. The lowest BCUT2D eigenvalue weighted by molar-refractivity contribution is -0.138. The Kier molecular flexibility index (Phi) is 4.30. The maximum atomic E-state index is 12.8. The minimum Gasteiger partial charge on any atom is -0.347 e. The van der Waals surface area contributed by atoms with Gasteiger partial charge in [-0.1, -0.05) is 18.2 Å². The Hall–Kier alpha value is -2.31. The molecule has 0 fully saturated rings. The van der Waals surface area contributed by atoms with E-state index in [4.69, 9.17) is 0 Å². The first-order valence-electron chi connectivity index (χ1n) is 6.38. The van der Waals surface area contributed by atoms with Gasteiger partial charge in [-0.3, -0.25) is 9.48 Å². The number of aryl methyl sites for hydroxylation is 1. The fourth-order valence-corrected chi connectivity index (χ4v) is 1.99. The standard InChI is InChI=1S/C14H14F3N3O/c1-2-20-12(7-8-19-20)13(21)18-9-10-5-3-4-6-11(10)14(15,16)17/h3-8H,2,9H2,1H3,(H,18,21). The number of amides is 1. The number of hydrogen-bond donors (Lipinski definition) is 1. The normalized spacial score (nSPS) is 11.4. The zero-order valence-corrected chi connectivity index (χ0v) is 11.3. The van der Waals surface area contributed by atoms with Crippen LogP contribution in [0.1, 0.15) is 28.5 Å². The molecule has 0 bridgehead atoms. The predicted octanol–water partition coefficient (Wildman–Crippen LogP) is 2.85. The van der Waals surface area contributed by atoms with Gasteiger partial charge in [0.2, 0.25) is 0 Å². The molecule has 0 saturated carbocycles. The molecule has 0 aliphatic carbocycles. The number of halogens is 3. The summed E-state index contributed by atoms with van der Waals surface area (Å²) >= 11 is 0. The first kappa shape index (κ1) is 15.1. The van der Waals surface area contributed by atoms with Crippen molar-refractivity contribution in [1.29, 1.82) is 0 Å². The summed E-state index contributed by atoms with van der Waals surface area (Å²) in [4.78, 5) is 12.0. The molecule has 1 aromatic heterocycles. The van der Waals surface area contributed by atoms with E-state index in [1.54, 1.807) is 0 Å². The Morgan fingerprint density at radius 3 is 2.67 bits per heavy atom. The molecule has 2 rings (SSSR count). The molecule has 2 aromatic rings. The molecule has 0 unspecified atom stereocenters. The Labute approximate surface area is 119 Å². The summed E-state index contributed by atoms with van der Waals surface area (Å²) in [5.41, 5.74) is -0.391. The largest absolute Gasteiger partial charge is 0.416 e. The second-order valence-electron chi connectivity index (χ2n) is 4.37. The first-order chi connectivity index (χ1) is 9.93. The van der Waals surface area contributed by atoms with E-state index in [0.717, 1.165) is 6.07 Å². The van der Waals surface area contributed by atoms with E-state index in [-0.39, 0.29) is 12.1 Å². The Morgan fingerprint density at radius 2 is 2.00 bits per heavy atom. The summed E-state index contributed by atoms with van der Waals surface area (Å²) in [6.07, 6.45) is -2.96. The Balaban J connectivity index is 2.12. The lowest BCUT2D eigenvalue weighted by Gasteiger charge is -2.13. The van der Waals surface area contributed by atoms with Crippen molar-refractivity contribution in [2.45, 2.75) is 26.2 Å². The van der Waals surface area contributed by atoms with Crippen LogP contribution in [0.5, 0.6) is 0 Å². The molecule has 21 heavy (non-hydrogen) atoms. The molecule has 0 aliphatic rings. The van der Waals surface area contributed by atoms with E-state index in [0.29, 0.717) is 12.2 Å². The van der Waals surface area contributed by atoms with Crippen LogP contribution in [0, 0.1) is 0 Å².